The van der Waals surface area contributed by atoms with Gasteiger partial charge >= 0.3 is 11.9 Å². The van der Waals surface area contributed by atoms with Crippen LogP contribution in [0.25, 0.3) is 0 Å². The van der Waals surface area contributed by atoms with Crippen LogP contribution in [0.5, 0.6) is 0 Å². The molecule has 0 fully saturated rings. The number of rotatable bonds is 6. The summed E-state index contributed by atoms with van der Waals surface area (Å²) in [6.45, 7) is 1.19. The zero-order chi connectivity index (χ0) is 16.0. The normalized spacial score (nSPS) is 11.5. The van der Waals surface area contributed by atoms with Crippen LogP contribution in [0, 0.1) is 0 Å². The Kier molecular flexibility index (Phi) is 5.55. The molecular weight excluding hydrogens is 286 g/mol. The van der Waals surface area contributed by atoms with Gasteiger partial charge in [0.15, 0.2) is 11.9 Å². The van der Waals surface area contributed by atoms with Crippen LogP contribution >= 0.6 is 0 Å². The number of ether oxygens (including phenoxy) is 1. The molecule has 0 radical (unpaired) electrons. The van der Waals surface area contributed by atoms with E-state index in [0.717, 1.165) is 6.20 Å². The highest BCUT2D eigenvalue weighted by molar-refractivity contribution is 5.92. The Morgan fingerprint density at radius 2 is 2.14 bits per heavy atom. The zero-order valence-corrected chi connectivity index (χ0v) is 11.0. The summed E-state index contributed by atoms with van der Waals surface area (Å²) in [5.41, 5.74) is -1.60. The predicted molar refractivity (Wildman–Crippen MR) is 66.8 cm³/mol. The number of aromatic nitrogens is 2. The van der Waals surface area contributed by atoms with Crippen molar-refractivity contribution in [2.45, 2.75) is 13.0 Å². The Labute approximate surface area is 117 Å². The van der Waals surface area contributed by atoms with Crippen LogP contribution in [-0.4, -0.2) is 57.3 Å². The predicted octanol–water partition coefficient (Wildman–Crippen LogP) is -1.88. The Bertz CT molecular complexity index is 610. The van der Waals surface area contributed by atoms with E-state index in [4.69, 9.17) is 5.11 Å². The summed E-state index contributed by atoms with van der Waals surface area (Å²) < 4.78 is 4.52. The van der Waals surface area contributed by atoms with Gasteiger partial charge in [0, 0.05) is 6.20 Å². The van der Waals surface area contributed by atoms with Gasteiger partial charge in [-0.25, -0.2) is 14.6 Å². The lowest BCUT2D eigenvalue weighted by Gasteiger charge is -2.10. The van der Waals surface area contributed by atoms with Crippen LogP contribution in [0.15, 0.2) is 11.0 Å². The van der Waals surface area contributed by atoms with Gasteiger partial charge in [-0.1, -0.05) is 0 Å². The Balaban J connectivity index is 2.69. The second-order valence-corrected chi connectivity index (χ2v) is 3.76. The molecule has 1 heterocycles. The zero-order valence-electron chi connectivity index (χ0n) is 11.0. The molecule has 114 valence electrons. The molecule has 1 amide bonds. The van der Waals surface area contributed by atoms with Crippen LogP contribution in [-0.2, 0) is 9.53 Å². The number of carbonyl (C=O) groups excluding carboxylic acids is 2. The van der Waals surface area contributed by atoms with E-state index in [0.29, 0.717) is 0 Å². The third-order valence-corrected chi connectivity index (χ3v) is 2.26. The highest BCUT2D eigenvalue weighted by atomic mass is 16.5. The van der Waals surface area contributed by atoms with Crippen molar-refractivity contribution < 1.29 is 29.3 Å². The maximum Gasteiger partial charge on any atom is 0.342 e. The number of nitrogens with one attached hydrogen (secondary N) is 2. The lowest BCUT2D eigenvalue weighted by atomic mass is 10.3. The fraction of sp³-hybridized carbons (Fsp3) is 0.364. The monoisotopic (exact) mass is 299 g/mol. The Morgan fingerprint density at radius 3 is 2.67 bits per heavy atom. The average molecular weight is 299 g/mol. The minimum atomic E-state index is -1.56. The molecule has 0 bridgehead atoms. The number of H-pyrrole nitrogens is 1. The highest BCUT2D eigenvalue weighted by Crippen LogP contribution is 1.92. The average Bonchev–Trinajstić information content (AvgIpc) is 2.43. The van der Waals surface area contributed by atoms with E-state index >= 15 is 0 Å². The number of aromatic carboxylic acids is 1. The summed E-state index contributed by atoms with van der Waals surface area (Å²) in [7, 11) is 0. The highest BCUT2D eigenvalue weighted by Gasteiger charge is 2.19. The van der Waals surface area contributed by atoms with Crippen molar-refractivity contribution in [3.63, 3.8) is 0 Å². The molecule has 4 N–H and O–H groups in total. The number of carboxylic acids is 1. The van der Waals surface area contributed by atoms with Gasteiger partial charge in [0.2, 0.25) is 0 Å². The van der Waals surface area contributed by atoms with E-state index in [1.165, 1.54) is 0 Å². The summed E-state index contributed by atoms with van der Waals surface area (Å²) in [4.78, 5) is 50.1. The molecular formula is C11H13N3O7. The number of hydrogen-bond acceptors (Lipinski definition) is 7. The van der Waals surface area contributed by atoms with Gasteiger partial charge in [0.05, 0.1) is 13.2 Å². The number of aliphatic hydroxyl groups is 1. The van der Waals surface area contributed by atoms with Gasteiger partial charge in [0.1, 0.15) is 5.56 Å². The lowest BCUT2D eigenvalue weighted by molar-refractivity contribution is -0.152. The summed E-state index contributed by atoms with van der Waals surface area (Å²) in [5.74, 6) is -3.71. The number of nitrogens with zero attached hydrogens (tertiary/aromatic N) is 1. The first-order chi connectivity index (χ1) is 9.86. The first-order valence-electron chi connectivity index (χ1n) is 5.82. The van der Waals surface area contributed by atoms with Gasteiger partial charge in [0.25, 0.3) is 11.5 Å². The number of aromatic amines is 1. The number of aliphatic hydroxyl groups excluding tert-OH is 1. The first-order valence-corrected chi connectivity index (χ1v) is 5.82. The van der Waals surface area contributed by atoms with E-state index < -0.39 is 47.4 Å². The molecule has 1 aromatic rings. The van der Waals surface area contributed by atoms with Crippen molar-refractivity contribution in [1.29, 1.82) is 0 Å². The molecule has 1 atom stereocenters. The van der Waals surface area contributed by atoms with Crippen molar-refractivity contribution in [1.82, 2.24) is 15.3 Å². The Morgan fingerprint density at radius 1 is 1.48 bits per heavy atom. The smallest absolute Gasteiger partial charge is 0.342 e. The molecule has 1 unspecified atom stereocenters. The summed E-state index contributed by atoms with van der Waals surface area (Å²) in [5, 5.41) is 20.1. The number of carbonyl (C=O) groups is 3. The molecule has 0 saturated heterocycles. The van der Waals surface area contributed by atoms with Gasteiger partial charge in [-0.2, -0.15) is 0 Å². The van der Waals surface area contributed by atoms with Gasteiger partial charge < -0.3 is 25.3 Å². The molecule has 0 saturated carbocycles. The topological polar surface area (TPSA) is 159 Å². The van der Waals surface area contributed by atoms with E-state index in [-0.39, 0.29) is 6.61 Å². The lowest BCUT2D eigenvalue weighted by Crippen LogP contribution is -2.38. The molecule has 10 nitrogen and oxygen atoms in total. The van der Waals surface area contributed by atoms with Gasteiger partial charge in [-0.15, -0.1) is 0 Å². The van der Waals surface area contributed by atoms with Crippen molar-refractivity contribution >= 4 is 17.8 Å². The SMILES string of the molecule is CCOC(=O)C(O)CNC(=O)c1ncc(C(=O)O)c(=O)[nH]1. The molecule has 1 aromatic heterocycles. The molecule has 10 heteroatoms. The fourth-order valence-corrected chi connectivity index (χ4v) is 1.26. The van der Waals surface area contributed by atoms with Crippen molar-refractivity contribution in [3.05, 3.63) is 27.9 Å². The standard InChI is InChI=1S/C11H13N3O7/c1-2-21-11(20)6(15)4-13-9(17)7-12-3-5(10(18)19)8(16)14-7/h3,6,15H,2,4H2,1H3,(H,13,17)(H,18,19)(H,12,14,16). The molecule has 0 aliphatic carbocycles. The van der Waals surface area contributed by atoms with E-state index in [2.05, 4.69) is 15.0 Å². The van der Waals surface area contributed by atoms with Crippen molar-refractivity contribution in [3.8, 4) is 0 Å². The largest absolute Gasteiger partial charge is 0.477 e. The molecule has 0 spiro atoms. The number of carboxylic acid groups (broad SMARTS) is 1. The van der Waals surface area contributed by atoms with Crippen molar-refractivity contribution in [2.24, 2.45) is 0 Å². The molecule has 0 aliphatic heterocycles. The van der Waals surface area contributed by atoms with Gasteiger partial charge in [-0.3, -0.25) is 9.59 Å². The maximum absolute atomic E-state index is 11.6. The third-order valence-electron chi connectivity index (χ3n) is 2.26. The van der Waals surface area contributed by atoms with Crippen molar-refractivity contribution in [2.75, 3.05) is 13.2 Å². The molecule has 0 aliphatic rings. The van der Waals surface area contributed by atoms with Crippen LogP contribution in [0.2, 0.25) is 0 Å². The first kappa shape index (κ1) is 16.3. The molecule has 1 rings (SSSR count). The summed E-state index contributed by atoms with van der Waals surface area (Å²) in [6.07, 6.45) is -0.823. The van der Waals surface area contributed by atoms with E-state index in [9.17, 15) is 24.3 Å². The third kappa shape index (κ3) is 4.38. The van der Waals surface area contributed by atoms with Gasteiger partial charge in [-0.05, 0) is 6.92 Å². The van der Waals surface area contributed by atoms with E-state index in [1.807, 2.05) is 4.98 Å². The van der Waals surface area contributed by atoms with E-state index in [1.54, 1.807) is 6.92 Å². The minimum Gasteiger partial charge on any atom is -0.477 e. The second-order valence-electron chi connectivity index (χ2n) is 3.76. The summed E-state index contributed by atoms with van der Waals surface area (Å²) >= 11 is 0. The van der Waals surface area contributed by atoms with Crippen LogP contribution in [0.3, 0.4) is 0 Å². The minimum absolute atomic E-state index is 0.0787. The quantitative estimate of drug-likeness (QED) is 0.444. The van der Waals surface area contributed by atoms with Crippen LogP contribution in [0.4, 0.5) is 0 Å². The molecule has 21 heavy (non-hydrogen) atoms. The molecule has 0 aromatic carbocycles. The van der Waals surface area contributed by atoms with Crippen LogP contribution < -0.4 is 10.9 Å². The fourth-order valence-electron chi connectivity index (χ4n) is 1.26. The van der Waals surface area contributed by atoms with Crippen LogP contribution in [0.1, 0.15) is 27.9 Å². The summed E-state index contributed by atoms with van der Waals surface area (Å²) in [6, 6.07) is 0. The number of amides is 1. The number of esters is 1. The number of hydrogen-bond donors (Lipinski definition) is 4. The Hall–Kier alpha value is -2.75. The second kappa shape index (κ2) is 7.14. The maximum atomic E-state index is 11.6.